The van der Waals surface area contributed by atoms with Gasteiger partial charge in [0.1, 0.15) is 11.2 Å². The Balaban J connectivity index is 0.905. The van der Waals surface area contributed by atoms with E-state index in [-0.39, 0.29) is 0 Å². The lowest BCUT2D eigenvalue weighted by molar-refractivity contribution is 0.669. The van der Waals surface area contributed by atoms with Crippen molar-refractivity contribution in [1.82, 2.24) is 9.13 Å². The summed E-state index contributed by atoms with van der Waals surface area (Å²) in [7, 11) is 0. The van der Waals surface area contributed by atoms with E-state index in [0.29, 0.717) is 5.92 Å². The number of benzene rings is 14. The summed E-state index contributed by atoms with van der Waals surface area (Å²) in [6, 6.07) is 92.6. The number of hydrogen-bond donors (Lipinski definition) is 0. The molecule has 0 bridgehead atoms. The van der Waals surface area contributed by atoms with Gasteiger partial charge in [0.25, 0.3) is 0 Å². The third-order valence-electron chi connectivity index (χ3n) is 17.2. The van der Waals surface area contributed by atoms with E-state index < -0.39 is 0 Å². The maximum absolute atomic E-state index is 6.81. The van der Waals surface area contributed by atoms with Gasteiger partial charge < -0.3 is 13.6 Å². The number of hydrogen-bond acceptors (Lipinski definition) is 1. The van der Waals surface area contributed by atoms with Crippen LogP contribution in [0.2, 0.25) is 0 Å². The zero-order valence-corrected chi connectivity index (χ0v) is 43.1. The lowest BCUT2D eigenvalue weighted by Gasteiger charge is -2.18. The highest BCUT2D eigenvalue weighted by Crippen LogP contribution is 2.49. The van der Waals surface area contributed by atoms with Gasteiger partial charge in [0.05, 0.1) is 22.1 Å². The third kappa shape index (κ3) is 6.10. The molecule has 0 N–H and O–H groups in total. The molecule has 0 unspecified atom stereocenters. The van der Waals surface area contributed by atoms with Crippen LogP contribution >= 0.6 is 0 Å². The summed E-state index contributed by atoms with van der Waals surface area (Å²) in [6.07, 6.45) is 0. The van der Waals surface area contributed by atoms with Gasteiger partial charge in [0.15, 0.2) is 0 Å². The van der Waals surface area contributed by atoms with Crippen LogP contribution in [0, 0.1) is 0 Å². The first-order chi connectivity index (χ1) is 38.5. The first-order valence-corrected chi connectivity index (χ1v) is 27.3. The lowest BCUT2D eigenvalue weighted by Crippen LogP contribution is -1.98. The van der Waals surface area contributed by atoms with Crippen LogP contribution in [0.15, 0.2) is 253 Å². The Morgan fingerprint density at radius 2 is 0.705 bits per heavy atom. The molecular formula is C75H48N2O. The maximum Gasteiger partial charge on any atom is 0.136 e. The molecule has 364 valence electrons. The molecule has 0 radical (unpaired) electrons. The van der Waals surface area contributed by atoms with Gasteiger partial charge in [0, 0.05) is 43.7 Å². The van der Waals surface area contributed by atoms with Crippen LogP contribution in [-0.2, 0) is 0 Å². The second kappa shape index (κ2) is 16.3. The number of nitrogens with zero attached hydrogens (tertiary/aromatic N) is 2. The summed E-state index contributed by atoms with van der Waals surface area (Å²) in [5, 5.41) is 22.0. The second-order valence-electron chi connectivity index (χ2n) is 21.7. The zero-order valence-electron chi connectivity index (χ0n) is 43.1. The summed E-state index contributed by atoms with van der Waals surface area (Å²) in [6.45, 7) is 4.57. The zero-order chi connectivity index (χ0) is 51.3. The molecule has 78 heavy (non-hydrogen) atoms. The number of rotatable bonds is 5. The number of aromatic nitrogens is 2. The minimum atomic E-state index is 0.412. The topological polar surface area (TPSA) is 23.0 Å². The Hall–Kier alpha value is -9.96. The highest BCUT2D eigenvalue weighted by atomic mass is 16.3. The molecule has 0 saturated heterocycles. The Kier molecular flexibility index (Phi) is 9.03. The molecule has 0 saturated carbocycles. The molecule has 0 aliphatic heterocycles. The Bertz CT molecular complexity index is 5350. The van der Waals surface area contributed by atoms with E-state index in [9.17, 15) is 0 Å². The van der Waals surface area contributed by atoms with E-state index in [0.717, 1.165) is 33.3 Å². The molecule has 0 fully saturated rings. The van der Waals surface area contributed by atoms with Crippen LogP contribution in [0.25, 0.3) is 164 Å². The van der Waals surface area contributed by atoms with E-state index in [1.54, 1.807) is 0 Å². The van der Waals surface area contributed by atoms with Gasteiger partial charge in [-0.15, -0.1) is 0 Å². The van der Waals surface area contributed by atoms with Crippen molar-refractivity contribution in [3.8, 4) is 33.6 Å². The van der Waals surface area contributed by atoms with Gasteiger partial charge in [0.2, 0.25) is 0 Å². The summed E-state index contributed by atoms with van der Waals surface area (Å²) < 4.78 is 11.8. The van der Waals surface area contributed by atoms with Crippen LogP contribution in [0.5, 0.6) is 0 Å². The number of para-hydroxylation sites is 2. The predicted molar refractivity (Wildman–Crippen MR) is 332 cm³/mol. The minimum absolute atomic E-state index is 0.412. The van der Waals surface area contributed by atoms with Gasteiger partial charge >= 0.3 is 0 Å². The van der Waals surface area contributed by atoms with Crippen molar-refractivity contribution in [2.24, 2.45) is 0 Å². The lowest BCUT2D eigenvalue weighted by atomic mass is 9.85. The molecule has 0 atom stereocenters. The Morgan fingerprint density at radius 3 is 1.26 bits per heavy atom. The van der Waals surface area contributed by atoms with Gasteiger partial charge in [-0.2, -0.15) is 0 Å². The van der Waals surface area contributed by atoms with Crippen LogP contribution in [0.3, 0.4) is 0 Å². The highest BCUT2D eigenvalue weighted by molar-refractivity contribution is 6.31. The van der Waals surface area contributed by atoms with E-state index in [2.05, 4.69) is 272 Å². The van der Waals surface area contributed by atoms with Crippen molar-refractivity contribution >= 4 is 130 Å². The van der Waals surface area contributed by atoms with Crippen LogP contribution in [0.4, 0.5) is 0 Å². The minimum Gasteiger partial charge on any atom is -0.456 e. The molecule has 17 aromatic rings. The summed E-state index contributed by atoms with van der Waals surface area (Å²) in [4.78, 5) is 0. The maximum atomic E-state index is 6.81. The molecule has 14 aromatic carbocycles. The van der Waals surface area contributed by atoms with Gasteiger partial charge in [-0.3, -0.25) is 0 Å². The number of fused-ring (bicyclic) bond motifs is 19. The summed E-state index contributed by atoms with van der Waals surface area (Å²) in [5.41, 5.74) is 15.0. The average Bonchev–Trinajstić information content (AvgIpc) is 3.95. The van der Waals surface area contributed by atoms with Crippen molar-refractivity contribution in [3.63, 3.8) is 0 Å². The normalized spacial score (nSPS) is 12.3. The SMILES string of the molecule is CC(C)c1ccc2c(c1)c1ccc3c4cc(-c5c6ccccc6c(-c6ccc7oc8cc9c%10ccccc%10c%10cc%11ccccc%11cc%10c9cc8c7c6)c6ccccc56)ccc4n(-c4ccccc4)c3c1n2-c1ccccc1. The van der Waals surface area contributed by atoms with E-state index >= 15 is 0 Å². The van der Waals surface area contributed by atoms with Crippen molar-refractivity contribution in [2.75, 3.05) is 0 Å². The fourth-order valence-corrected chi connectivity index (χ4v) is 13.6. The Morgan fingerprint density at radius 1 is 0.282 bits per heavy atom. The fourth-order valence-electron chi connectivity index (χ4n) is 13.6. The number of furan rings is 1. The molecule has 0 spiro atoms. The second-order valence-corrected chi connectivity index (χ2v) is 21.7. The molecule has 0 amide bonds. The molecule has 3 heteroatoms. The average molecular weight is 993 g/mol. The quantitative estimate of drug-likeness (QED) is 0.124. The highest BCUT2D eigenvalue weighted by Gasteiger charge is 2.24. The fraction of sp³-hybridized carbons (Fsp3) is 0.0400. The first-order valence-electron chi connectivity index (χ1n) is 27.3. The predicted octanol–water partition coefficient (Wildman–Crippen LogP) is 21.2. The monoisotopic (exact) mass is 992 g/mol. The van der Waals surface area contributed by atoms with Crippen molar-refractivity contribution in [3.05, 3.63) is 254 Å². The van der Waals surface area contributed by atoms with Gasteiger partial charge in [-0.1, -0.05) is 178 Å². The van der Waals surface area contributed by atoms with Crippen molar-refractivity contribution in [2.45, 2.75) is 19.8 Å². The van der Waals surface area contributed by atoms with Crippen LogP contribution in [0.1, 0.15) is 25.3 Å². The van der Waals surface area contributed by atoms with E-state index in [1.165, 1.54) is 136 Å². The van der Waals surface area contributed by atoms with E-state index in [1.807, 2.05) is 0 Å². The molecular weight excluding hydrogens is 945 g/mol. The van der Waals surface area contributed by atoms with Gasteiger partial charge in [-0.05, 0) is 183 Å². The van der Waals surface area contributed by atoms with Crippen LogP contribution in [-0.4, -0.2) is 9.13 Å². The molecule has 3 nitrogen and oxygen atoms in total. The third-order valence-corrected chi connectivity index (χ3v) is 17.2. The molecule has 0 aliphatic rings. The first kappa shape index (κ1) is 43.3. The van der Waals surface area contributed by atoms with Crippen LogP contribution < -0.4 is 0 Å². The molecule has 3 heterocycles. The van der Waals surface area contributed by atoms with Crippen molar-refractivity contribution < 1.29 is 4.42 Å². The van der Waals surface area contributed by atoms with Gasteiger partial charge in [-0.25, -0.2) is 0 Å². The molecule has 17 rings (SSSR count). The molecule has 3 aromatic heterocycles. The summed E-state index contributed by atoms with van der Waals surface area (Å²) in [5.74, 6) is 0.412. The smallest absolute Gasteiger partial charge is 0.136 e. The van der Waals surface area contributed by atoms with E-state index in [4.69, 9.17) is 4.42 Å². The largest absolute Gasteiger partial charge is 0.456 e. The summed E-state index contributed by atoms with van der Waals surface area (Å²) >= 11 is 0. The standard InChI is InChI=1S/C75H48N2O/c1-44(2)45-29-34-68-64(37-45)58-32-33-59-65-40-48(30-35-69(65)77(51-21-7-4-8-22-51)75(59)74(58)76(68)50-19-5-3-6-20-50)72-54-25-13-15-27-56(54)73(57-28-16-14-26-55(57)72)49-31-36-70-66(41-49)67-42-62-61-39-47-18-10-9-17-46(47)38-60(61)52-23-11-12-24-53(52)63(62)43-71(67)78-70/h3-44H,1-2H3. The molecule has 0 aliphatic carbocycles. The Labute approximate surface area is 449 Å². The van der Waals surface area contributed by atoms with Crippen molar-refractivity contribution in [1.29, 1.82) is 0 Å².